The Morgan fingerprint density at radius 2 is 2.15 bits per heavy atom. The molecular formula is C14H19FN2O3. The van der Waals surface area contributed by atoms with E-state index in [1.807, 2.05) is 0 Å². The second-order valence-corrected chi connectivity index (χ2v) is 5.26. The average molecular weight is 282 g/mol. The van der Waals surface area contributed by atoms with Gasteiger partial charge in [-0.15, -0.1) is 0 Å². The number of hydrogen-bond acceptors (Lipinski definition) is 4. The van der Waals surface area contributed by atoms with Crippen LogP contribution in [0.2, 0.25) is 0 Å². The predicted molar refractivity (Wildman–Crippen MR) is 72.7 cm³/mol. The molecule has 6 heteroatoms. The van der Waals surface area contributed by atoms with Crippen LogP contribution in [0.4, 0.5) is 10.1 Å². The first kappa shape index (κ1) is 14.9. The summed E-state index contributed by atoms with van der Waals surface area (Å²) in [4.78, 5) is 9.82. The zero-order chi connectivity index (χ0) is 14.5. The van der Waals surface area contributed by atoms with Crippen molar-refractivity contribution >= 4 is 5.69 Å². The molecule has 1 fully saturated rings. The highest BCUT2D eigenvalue weighted by molar-refractivity contribution is 5.34. The smallest absolute Gasteiger partial charge is 0.304 e. The number of halogens is 1. The van der Waals surface area contributed by atoms with Crippen LogP contribution in [0, 0.1) is 21.8 Å². The van der Waals surface area contributed by atoms with Crippen LogP contribution in [-0.4, -0.2) is 22.7 Å². The third kappa shape index (κ3) is 3.52. The Bertz CT molecular complexity index is 481. The maximum absolute atomic E-state index is 13.5. The summed E-state index contributed by atoms with van der Waals surface area (Å²) < 4.78 is 13.5. The summed E-state index contributed by atoms with van der Waals surface area (Å²) in [6.45, 7) is 0.613. The van der Waals surface area contributed by atoms with Gasteiger partial charge in [-0.05, 0) is 30.4 Å². The second-order valence-electron chi connectivity index (χ2n) is 5.26. The van der Waals surface area contributed by atoms with Crippen LogP contribution in [0.1, 0.15) is 31.2 Å². The van der Waals surface area contributed by atoms with Crippen molar-refractivity contribution in [3.8, 4) is 0 Å². The first-order chi connectivity index (χ1) is 9.61. The highest BCUT2D eigenvalue weighted by atomic mass is 19.1. The minimum Gasteiger partial charge on any atom is -0.396 e. The van der Waals surface area contributed by atoms with E-state index in [-0.39, 0.29) is 18.6 Å². The summed E-state index contributed by atoms with van der Waals surface area (Å²) in [6.07, 6.45) is 4.27. The first-order valence-corrected chi connectivity index (χ1v) is 6.89. The van der Waals surface area contributed by atoms with Crippen LogP contribution in [0.3, 0.4) is 0 Å². The van der Waals surface area contributed by atoms with Gasteiger partial charge in [0.1, 0.15) is 0 Å². The number of hydrogen-bond donors (Lipinski definition) is 2. The van der Waals surface area contributed by atoms with E-state index in [0.717, 1.165) is 25.7 Å². The Kier molecular flexibility index (Phi) is 5.03. The highest BCUT2D eigenvalue weighted by Gasteiger charge is 2.24. The van der Waals surface area contributed by atoms with Crippen molar-refractivity contribution in [2.45, 2.75) is 38.3 Å². The number of nitro benzene ring substituents is 1. The van der Waals surface area contributed by atoms with Crippen molar-refractivity contribution in [2.24, 2.45) is 5.92 Å². The lowest BCUT2D eigenvalue weighted by molar-refractivity contribution is -0.387. The number of benzene rings is 1. The maximum Gasteiger partial charge on any atom is 0.304 e. The van der Waals surface area contributed by atoms with E-state index in [1.54, 1.807) is 6.07 Å². The SMILES string of the molecule is O=[N+]([O-])c1ccc(CNC2CCCCC2CO)cc1F. The van der Waals surface area contributed by atoms with E-state index >= 15 is 0 Å². The van der Waals surface area contributed by atoms with E-state index in [1.165, 1.54) is 12.1 Å². The molecule has 0 radical (unpaired) electrons. The molecule has 0 bridgehead atoms. The number of nitrogens with zero attached hydrogens (tertiary/aromatic N) is 1. The summed E-state index contributed by atoms with van der Waals surface area (Å²) in [5.41, 5.74) is 0.176. The molecule has 2 atom stereocenters. The quantitative estimate of drug-likeness (QED) is 0.642. The van der Waals surface area contributed by atoms with Crippen molar-refractivity contribution in [1.29, 1.82) is 0 Å². The molecule has 1 saturated carbocycles. The largest absolute Gasteiger partial charge is 0.396 e. The van der Waals surface area contributed by atoms with E-state index in [9.17, 15) is 19.6 Å². The minimum atomic E-state index is -0.809. The molecule has 1 aromatic rings. The number of nitrogens with one attached hydrogen (secondary N) is 1. The van der Waals surface area contributed by atoms with Crippen LogP contribution in [-0.2, 0) is 6.54 Å². The fourth-order valence-electron chi connectivity index (χ4n) is 2.75. The van der Waals surface area contributed by atoms with Crippen molar-refractivity contribution < 1.29 is 14.4 Å². The lowest BCUT2D eigenvalue weighted by Gasteiger charge is -2.31. The van der Waals surface area contributed by atoms with Crippen molar-refractivity contribution in [3.63, 3.8) is 0 Å². The van der Waals surface area contributed by atoms with Crippen LogP contribution >= 0.6 is 0 Å². The van der Waals surface area contributed by atoms with Gasteiger partial charge in [-0.1, -0.05) is 18.9 Å². The lowest BCUT2D eigenvalue weighted by atomic mass is 9.85. The van der Waals surface area contributed by atoms with Crippen LogP contribution in [0.25, 0.3) is 0 Å². The van der Waals surface area contributed by atoms with Gasteiger partial charge in [-0.3, -0.25) is 10.1 Å². The van der Waals surface area contributed by atoms with E-state index in [4.69, 9.17) is 0 Å². The fourth-order valence-corrected chi connectivity index (χ4v) is 2.75. The molecule has 20 heavy (non-hydrogen) atoms. The van der Waals surface area contributed by atoms with Crippen molar-refractivity contribution in [1.82, 2.24) is 5.32 Å². The van der Waals surface area contributed by atoms with Gasteiger partial charge in [0.25, 0.3) is 0 Å². The zero-order valence-corrected chi connectivity index (χ0v) is 11.2. The second kappa shape index (κ2) is 6.76. The van der Waals surface area contributed by atoms with E-state index < -0.39 is 16.4 Å². The molecule has 110 valence electrons. The van der Waals surface area contributed by atoms with Gasteiger partial charge in [0.05, 0.1) is 4.92 Å². The molecule has 0 heterocycles. The highest BCUT2D eigenvalue weighted by Crippen LogP contribution is 2.24. The maximum atomic E-state index is 13.5. The summed E-state index contributed by atoms with van der Waals surface area (Å²) >= 11 is 0. The first-order valence-electron chi connectivity index (χ1n) is 6.89. The number of rotatable bonds is 5. The van der Waals surface area contributed by atoms with E-state index in [2.05, 4.69) is 5.32 Å². The van der Waals surface area contributed by atoms with Crippen molar-refractivity contribution in [3.05, 3.63) is 39.7 Å². The van der Waals surface area contributed by atoms with Crippen LogP contribution in [0.5, 0.6) is 0 Å². The molecule has 1 aliphatic carbocycles. The van der Waals surface area contributed by atoms with Gasteiger partial charge < -0.3 is 10.4 Å². The molecule has 0 aromatic heterocycles. The zero-order valence-electron chi connectivity index (χ0n) is 11.2. The van der Waals surface area contributed by atoms with Gasteiger partial charge in [-0.25, -0.2) is 0 Å². The molecule has 0 amide bonds. The van der Waals surface area contributed by atoms with Gasteiger partial charge in [-0.2, -0.15) is 4.39 Å². The van der Waals surface area contributed by atoms with Crippen molar-refractivity contribution in [2.75, 3.05) is 6.61 Å². The van der Waals surface area contributed by atoms with Gasteiger partial charge in [0.2, 0.25) is 5.82 Å². The number of aliphatic hydroxyl groups is 1. The third-order valence-electron chi connectivity index (χ3n) is 3.92. The minimum absolute atomic E-state index is 0.159. The van der Waals surface area contributed by atoms with Gasteiger partial charge in [0, 0.05) is 25.3 Å². The van der Waals surface area contributed by atoms with Crippen LogP contribution < -0.4 is 5.32 Å². The molecular weight excluding hydrogens is 263 g/mol. The Labute approximate surface area is 117 Å². The molecule has 5 nitrogen and oxygen atoms in total. The Hall–Kier alpha value is -1.53. The Morgan fingerprint density at radius 3 is 2.80 bits per heavy atom. The summed E-state index contributed by atoms with van der Waals surface area (Å²) in [5, 5.41) is 23.2. The number of nitro groups is 1. The molecule has 1 aliphatic rings. The van der Waals surface area contributed by atoms with Gasteiger partial charge >= 0.3 is 5.69 Å². The standard InChI is InChI=1S/C14H19FN2O3/c15-12-7-10(5-6-14(12)17(19)20)8-16-13-4-2-1-3-11(13)9-18/h5-7,11,13,16,18H,1-4,8-9H2. The molecule has 0 aliphatic heterocycles. The lowest BCUT2D eigenvalue weighted by Crippen LogP contribution is -2.39. The molecule has 1 aromatic carbocycles. The summed E-state index contributed by atoms with van der Waals surface area (Å²) in [6, 6.07) is 4.18. The molecule has 2 N–H and O–H groups in total. The average Bonchev–Trinajstić information content (AvgIpc) is 2.45. The Balaban J connectivity index is 1.96. The Morgan fingerprint density at radius 1 is 1.40 bits per heavy atom. The molecule has 2 unspecified atom stereocenters. The third-order valence-corrected chi connectivity index (χ3v) is 3.92. The van der Waals surface area contributed by atoms with E-state index in [0.29, 0.717) is 12.1 Å². The monoisotopic (exact) mass is 282 g/mol. The summed E-state index contributed by atoms with van der Waals surface area (Å²) in [5.74, 6) is -0.566. The predicted octanol–water partition coefficient (Wildman–Crippen LogP) is 2.37. The molecule has 0 saturated heterocycles. The number of aliphatic hydroxyl groups excluding tert-OH is 1. The van der Waals surface area contributed by atoms with Crippen LogP contribution in [0.15, 0.2) is 18.2 Å². The molecule has 0 spiro atoms. The fraction of sp³-hybridized carbons (Fsp3) is 0.571. The normalized spacial score (nSPS) is 22.7. The van der Waals surface area contributed by atoms with Gasteiger partial charge in [0.15, 0.2) is 0 Å². The molecule has 2 rings (SSSR count). The topological polar surface area (TPSA) is 75.4 Å². The summed E-state index contributed by atoms with van der Waals surface area (Å²) in [7, 11) is 0.